The highest BCUT2D eigenvalue weighted by Gasteiger charge is 2.30. The number of thiazole rings is 2. The van der Waals surface area contributed by atoms with Crippen molar-refractivity contribution in [3.05, 3.63) is 54.7 Å². The number of Topliss-reactive ketones (excluding diaryl/α,β-unsaturated/α-hetero) is 2. The lowest BCUT2D eigenvalue weighted by molar-refractivity contribution is 0.0978. The molecule has 2 aliphatic carbocycles. The van der Waals surface area contributed by atoms with Gasteiger partial charge in [0.05, 0.1) is 21.4 Å². The number of rotatable bonds is 10. The Hall–Kier alpha value is -3.02. The molecule has 2 aliphatic rings. The second-order valence-corrected chi connectivity index (χ2v) is 10.6. The normalized spacial score (nSPS) is 15.3. The first-order chi connectivity index (χ1) is 16.2. The molecule has 0 fully saturated rings. The molecule has 0 radical (unpaired) electrons. The zero-order valence-corrected chi connectivity index (χ0v) is 20.8. The number of aryl methyl sites for hydroxylation is 2. The van der Waals surface area contributed by atoms with Crippen LogP contribution in [0.25, 0.3) is 0 Å². The first-order valence-corrected chi connectivity index (χ1v) is 12.6. The van der Waals surface area contributed by atoms with E-state index >= 15 is 0 Å². The Morgan fingerprint density at radius 3 is 1.59 bits per heavy atom. The van der Waals surface area contributed by atoms with Crippen molar-refractivity contribution in [1.29, 1.82) is 0 Å². The lowest BCUT2D eigenvalue weighted by Crippen LogP contribution is -2.31. The smallest absolute Gasteiger partial charge is 0.221 e. The van der Waals surface area contributed by atoms with Gasteiger partial charge in [-0.3, -0.25) is 19.2 Å². The van der Waals surface area contributed by atoms with Gasteiger partial charge < -0.3 is 15.5 Å². The quantitative estimate of drug-likeness (QED) is 0.474. The number of nitrogens with zero attached hydrogens (tertiary/aromatic N) is 3. The summed E-state index contributed by atoms with van der Waals surface area (Å²) in [6.45, 7) is 6.31. The van der Waals surface area contributed by atoms with Gasteiger partial charge in [0.2, 0.25) is 23.1 Å². The number of hydrogen-bond donors (Lipinski definition) is 2. The third kappa shape index (κ3) is 5.06. The van der Waals surface area contributed by atoms with Crippen molar-refractivity contribution in [3.63, 3.8) is 0 Å². The molecule has 0 saturated heterocycles. The van der Waals surface area contributed by atoms with E-state index in [9.17, 15) is 19.2 Å². The molecule has 0 bridgehead atoms. The maximum Gasteiger partial charge on any atom is 0.221 e. The second-order valence-electron chi connectivity index (χ2n) is 8.19. The number of ketones is 4. The highest BCUT2D eigenvalue weighted by molar-refractivity contribution is 7.14. The number of carbonyl (C=O) groups is 4. The summed E-state index contributed by atoms with van der Waals surface area (Å²) in [5.41, 5.74) is 1.16. The topological polar surface area (TPSA) is 121 Å². The lowest BCUT2D eigenvalue weighted by Gasteiger charge is -2.18. The van der Waals surface area contributed by atoms with Crippen molar-refractivity contribution < 1.29 is 19.2 Å². The predicted octanol–water partition coefficient (Wildman–Crippen LogP) is 2.33. The van der Waals surface area contributed by atoms with Crippen LogP contribution in [0, 0.1) is 13.8 Å². The molecule has 0 aliphatic heterocycles. The summed E-state index contributed by atoms with van der Waals surface area (Å²) in [7, 11) is 2.00. The fourth-order valence-corrected chi connectivity index (χ4v) is 5.54. The van der Waals surface area contributed by atoms with Crippen LogP contribution in [-0.2, 0) is 0 Å². The molecule has 0 unspecified atom stereocenters. The van der Waals surface area contributed by atoms with Gasteiger partial charge in [0.1, 0.15) is 21.1 Å². The minimum atomic E-state index is -0.235. The molecule has 9 nitrogen and oxygen atoms in total. The molecule has 2 heterocycles. The Morgan fingerprint density at radius 2 is 1.18 bits per heavy atom. The van der Waals surface area contributed by atoms with Gasteiger partial charge in [-0.2, -0.15) is 0 Å². The van der Waals surface area contributed by atoms with Crippen LogP contribution in [0.1, 0.15) is 63.2 Å². The third-order valence-electron chi connectivity index (χ3n) is 5.45. The summed E-state index contributed by atoms with van der Waals surface area (Å²) in [6.07, 6.45) is 4.26. The van der Waals surface area contributed by atoms with E-state index in [0.29, 0.717) is 44.3 Å². The number of allylic oxidation sites excluding steroid dienone is 4. The Bertz CT molecular complexity index is 1150. The van der Waals surface area contributed by atoms with Crippen molar-refractivity contribution in [2.24, 2.45) is 0 Å². The lowest BCUT2D eigenvalue weighted by atomic mass is 10.0. The number of aromatic nitrogens is 2. The van der Waals surface area contributed by atoms with E-state index in [0.717, 1.165) is 25.9 Å². The zero-order chi connectivity index (χ0) is 24.4. The van der Waals surface area contributed by atoms with E-state index in [-0.39, 0.29) is 34.5 Å². The number of carbonyl (C=O) groups excluding carboxylic acids is 4. The van der Waals surface area contributed by atoms with Crippen LogP contribution in [0.15, 0.2) is 23.5 Å². The minimum Gasteiger partial charge on any atom is -0.382 e. The van der Waals surface area contributed by atoms with E-state index < -0.39 is 0 Å². The van der Waals surface area contributed by atoms with Gasteiger partial charge in [0.15, 0.2) is 0 Å². The Labute approximate surface area is 205 Å². The zero-order valence-electron chi connectivity index (χ0n) is 19.2. The van der Waals surface area contributed by atoms with Crippen LogP contribution in [-0.4, -0.2) is 71.2 Å². The fourth-order valence-electron chi connectivity index (χ4n) is 3.79. The Morgan fingerprint density at radius 1 is 0.765 bits per heavy atom. The van der Waals surface area contributed by atoms with Crippen LogP contribution in [0.3, 0.4) is 0 Å². The van der Waals surface area contributed by atoms with E-state index in [1.54, 1.807) is 13.8 Å². The molecule has 2 aromatic rings. The third-order valence-corrected chi connectivity index (χ3v) is 7.39. The Kier molecular flexibility index (Phi) is 7.15. The van der Waals surface area contributed by atoms with Crippen molar-refractivity contribution >= 4 is 45.8 Å². The standard InChI is InChI=1S/C23H25N5O4S2/c1-12-26-18-16(29)10-14(20(31)22(18)33-12)24-6-4-8-28(3)9-5-7-25-15-11-17(30)19-23(21(15)32)34-13(2)27-19/h10-11,24-25H,4-9H2,1-3H3. The molecule has 0 saturated carbocycles. The largest absolute Gasteiger partial charge is 0.382 e. The van der Waals surface area contributed by atoms with Gasteiger partial charge in [-0.05, 0) is 46.8 Å². The Balaban J connectivity index is 1.15. The summed E-state index contributed by atoms with van der Waals surface area (Å²) in [4.78, 5) is 60.7. The molecule has 4 rings (SSSR count). The average Bonchev–Trinajstić information content (AvgIpc) is 3.38. The van der Waals surface area contributed by atoms with Gasteiger partial charge in [-0.1, -0.05) is 0 Å². The molecular formula is C23H25N5O4S2. The molecule has 2 aromatic heterocycles. The monoisotopic (exact) mass is 499 g/mol. The van der Waals surface area contributed by atoms with E-state index in [2.05, 4.69) is 25.5 Å². The average molecular weight is 500 g/mol. The van der Waals surface area contributed by atoms with Crippen LogP contribution < -0.4 is 10.6 Å². The number of nitrogens with one attached hydrogen (secondary N) is 2. The van der Waals surface area contributed by atoms with Gasteiger partial charge in [0, 0.05) is 25.2 Å². The van der Waals surface area contributed by atoms with Crippen molar-refractivity contribution in [3.8, 4) is 0 Å². The van der Waals surface area contributed by atoms with E-state index in [1.807, 2.05) is 7.05 Å². The van der Waals surface area contributed by atoms with E-state index in [4.69, 9.17) is 0 Å². The first kappa shape index (κ1) is 24.1. The molecule has 34 heavy (non-hydrogen) atoms. The van der Waals surface area contributed by atoms with Crippen LogP contribution in [0.5, 0.6) is 0 Å². The van der Waals surface area contributed by atoms with Crippen molar-refractivity contribution in [2.75, 3.05) is 33.2 Å². The number of hydrogen-bond acceptors (Lipinski definition) is 11. The second kappa shape index (κ2) is 10.1. The summed E-state index contributed by atoms with van der Waals surface area (Å²) in [5, 5.41) is 7.58. The molecule has 0 atom stereocenters. The molecule has 11 heteroatoms. The highest BCUT2D eigenvalue weighted by Crippen LogP contribution is 2.26. The van der Waals surface area contributed by atoms with Crippen LogP contribution in [0.4, 0.5) is 0 Å². The van der Waals surface area contributed by atoms with E-state index in [1.165, 1.54) is 34.8 Å². The summed E-state index contributed by atoms with van der Waals surface area (Å²) in [6, 6.07) is 0. The summed E-state index contributed by atoms with van der Waals surface area (Å²) < 4.78 is 0. The van der Waals surface area contributed by atoms with Gasteiger partial charge in [-0.15, -0.1) is 22.7 Å². The first-order valence-electron chi connectivity index (χ1n) is 11.0. The minimum absolute atomic E-state index is 0.176. The maximum absolute atomic E-state index is 12.5. The van der Waals surface area contributed by atoms with Gasteiger partial charge in [0.25, 0.3) is 0 Å². The predicted molar refractivity (Wildman–Crippen MR) is 130 cm³/mol. The van der Waals surface area contributed by atoms with Gasteiger partial charge in [-0.25, -0.2) is 9.97 Å². The van der Waals surface area contributed by atoms with Crippen molar-refractivity contribution in [2.45, 2.75) is 26.7 Å². The van der Waals surface area contributed by atoms with Crippen LogP contribution in [0.2, 0.25) is 0 Å². The summed E-state index contributed by atoms with van der Waals surface area (Å²) >= 11 is 2.49. The molecule has 0 spiro atoms. The number of fused-ring (bicyclic) bond motifs is 2. The molecule has 0 amide bonds. The summed E-state index contributed by atoms with van der Waals surface area (Å²) in [5.74, 6) is -0.822. The molecule has 178 valence electrons. The maximum atomic E-state index is 12.5. The molecule has 2 N–H and O–H groups in total. The fraction of sp³-hybridized carbons (Fsp3) is 0.391. The molecular weight excluding hydrogens is 474 g/mol. The molecule has 0 aromatic carbocycles. The van der Waals surface area contributed by atoms with Crippen LogP contribution >= 0.6 is 22.7 Å². The van der Waals surface area contributed by atoms with Gasteiger partial charge >= 0.3 is 0 Å². The highest BCUT2D eigenvalue weighted by atomic mass is 32.1. The van der Waals surface area contributed by atoms with Crippen molar-refractivity contribution in [1.82, 2.24) is 25.5 Å². The SMILES string of the molecule is Cc1nc2c(s1)C(=O)C(NCCCN(C)CCCNC1=CC(=O)c3nc(C)sc3C1=O)=CC2=O.